The maximum atomic E-state index is 13.5. The van der Waals surface area contributed by atoms with Crippen molar-refractivity contribution in [2.24, 2.45) is 0 Å². The number of aryl methyl sites for hydroxylation is 1. The minimum Gasteiger partial charge on any atom is -0.317 e. The van der Waals surface area contributed by atoms with E-state index >= 15 is 0 Å². The molecule has 5 nitrogen and oxygen atoms in total. The molecule has 1 saturated heterocycles. The highest BCUT2D eigenvalue weighted by molar-refractivity contribution is 7.80. The number of thiocarbonyl (C=S) groups is 1. The van der Waals surface area contributed by atoms with Crippen molar-refractivity contribution in [3.63, 3.8) is 0 Å². The molecule has 1 fully saturated rings. The molecule has 2 amide bonds. The number of nitrogens with zero attached hydrogens (tertiary/aromatic N) is 2. The Bertz CT molecular complexity index is 1580. The van der Waals surface area contributed by atoms with E-state index < -0.39 is 11.8 Å². The Morgan fingerprint density at radius 3 is 2.40 bits per heavy atom. The zero-order valence-electron chi connectivity index (χ0n) is 18.8. The molecule has 35 heavy (non-hydrogen) atoms. The van der Waals surface area contributed by atoms with Crippen molar-refractivity contribution in [2.45, 2.75) is 13.8 Å². The van der Waals surface area contributed by atoms with Gasteiger partial charge in [0.25, 0.3) is 11.8 Å². The Balaban J connectivity index is 1.61. The van der Waals surface area contributed by atoms with Gasteiger partial charge in [-0.3, -0.25) is 19.8 Å². The van der Waals surface area contributed by atoms with Gasteiger partial charge in [0.2, 0.25) is 0 Å². The number of benzene rings is 3. The van der Waals surface area contributed by atoms with E-state index in [2.05, 4.69) is 34.1 Å². The Morgan fingerprint density at radius 2 is 1.60 bits per heavy atom. The van der Waals surface area contributed by atoms with Crippen LogP contribution >= 0.6 is 35.4 Å². The largest absolute Gasteiger partial charge is 0.317 e. The average molecular weight is 520 g/mol. The van der Waals surface area contributed by atoms with Gasteiger partial charge in [-0.05, 0) is 67.4 Å². The normalized spacial score (nSPS) is 15.3. The Labute approximate surface area is 217 Å². The summed E-state index contributed by atoms with van der Waals surface area (Å²) in [5.74, 6) is -1.14. The van der Waals surface area contributed by atoms with E-state index in [-0.39, 0.29) is 20.7 Å². The second-order valence-corrected chi connectivity index (χ2v) is 9.36. The van der Waals surface area contributed by atoms with Crippen LogP contribution in [-0.4, -0.2) is 21.5 Å². The number of rotatable bonds is 3. The first-order valence-electron chi connectivity index (χ1n) is 10.8. The lowest BCUT2D eigenvalue weighted by Gasteiger charge is -2.29. The summed E-state index contributed by atoms with van der Waals surface area (Å²) in [6, 6.07) is 21.2. The fourth-order valence-electron chi connectivity index (χ4n) is 4.40. The standard InChI is InChI=1S/C27H19Cl2N3O2S/c1-15-13-18(16(2)31(15)22-11-5-8-17-7-3-4-9-19(17)22)14-20-25(33)30-27(35)32(26(20)34)23-12-6-10-21(28)24(23)29/h3-14H,1-2H3,(H,30,33,35)/b20-14+. The van der Waals surface area contributed by atoms with Gasteiger partial charge >= 0.3 is 0 Å². The quantitative estimate of drug-likeness (QED) is 0.194. The van der Waals surface area contributed by atoms with Gasteiger partial charge in [0.05, 0.1) is 21.4 Å². The zero-order chi connectivity index (χ0) is 24.9. The molecule has 0 aliphatic carbocycles. The first kappa shape index (κ1) is 23.3. The molecule has 8 heteroatoms. The molecule has 1 aromatic heterocycles. The Morgan fingerprint density at radius 1 is 0.914 bits per heavy atom. The number of hydrogen-bond donors (Lipinski definition) is 1. The Hall–Kier alpha value is -3.45. The fourth-order valence-corrected chi connectivity index (χ4v) is 5.06. The summed E-state index contributed by atoms with van der Waals surface area (Å²) in [5, 5.41) is 5.23. The molecule has 3 aromatic carbocycles. The minimum atomic E-state index is -0.571. The fraction of sp³-hybridized carbons (Fsp3) is 0.0741. The van der Waals surface area contributed by atoms with Crippen LogP contribution in [0.4, 0.5) is 5.69 Å². The van der Waals surface area contributed by atoms with E-state index in [0.717, 1.165) is 33.4 Å². The van der Waals surface area contributed by atoms with Crippen molar-refractivity contribution in [3.8, 4) is 5.69 Å². The van der Waals surface area contributed by atoms with Gasteiger partial charge in [-0.25, -0.2) is 0 Å². The van der Waals surface area contributed by atoms with Gasteiger partial charge in [-0.1, -0.05) is 65.7 Å². The van der Waals surface area contributed by atoms with Crippen molar-refractivity contribution in [1.82, 2.24) is 9.88 Å². The third kappa shape index (κ3) is 3.93. The first-order chi connectivity index (χ1) is 16.8. The summed E-state index contributed by atoms with van der Waals surface area (Å²) in [5.41, 5.74) is 3.90. The topological polar surface area (TPSA) is 54.3 Å². The lowest BCUT2D eigenvalue weighted by Crippen LogP contribution is -2.54. The highest BCUT2D eigenvalue weighted by Crippen LogP contribution is 2.35. The molecule has 0 atom stereocenters. The summed E-state index contributed by atoms with van der Waals surface area (Å²) >= 11 is 17.8. The van der Waals surface area contributed by atoms with E-state index in [9.17, 15) is 9.59 Å². The summed E-state index contributed by atoms with van der Waals surface area (Å²) in [4.78, 5) is 27.5. The predicted octanol–water partition coefficient (Wildman–Crippen LogP) is 6.39. The summed E-state index contributed by atoms with van der Waals surface area (Å²) in [6.45, 7) is 3.95. The van der Waals surface area contributed by atoms with Gasteiger partial charge in [0.15, 0.2) is 5.11 Å². The molecule has 0 spiro atoms. The number of amides is 2. The smallest absolute Gasteiger partial charge is 0.270 e. The predicted molar refractivity (Wildman–Crippen MR) is 145 cm³/mol. The van der Waals surface area contributed by atoms with E-state index in [4.69, 9.17) is 35.4 Å². The van der Waals surface area contributed by atoms with E-state index in [1.54, 1.807) is 24.3 Å². The summed E-state index contributed by atoms with van der Waals surface area (Å²) in [6.07, 6.45) is 1.59. The van der Waals surface area contributed by atoms with Crippen LogP contribution in [-0.2, 0) is 9.59 Å². The number of hydrogen-bond acceptors (Lipinski definition) is 3. The first-order valence-corrected chi connectivity index (χ1v) is 12.0. The lowest BCUT2D eigenvalue weighted by molar-refractivity contribution is -0.122. The molecule has 1 aliphatic heterocycles. The summed E-state index contributed by atoms with van der Waals surface area (Å²) in [7, 11) is 0. The van der Waals surface area contributed by atoms with Crippen LogP contribution in [0.1, 0.15) is 17.0 Å². The van der Waals surface area contributed by atoms with Crippen LogP contribution in [0.15, 0.2) is 72.3 Å². The molecule has 5 rings (SSSR count). The molecule has 0 radical (unpaired) electrons. The number of fused-ring (bicyclic) bond motifs is 1. The number of halogens is 2. The van der Waals surface area contributed by atoms with Gasteiger partial charge < -0.3 is 4.57 Å². The number of aromatic nitrogens is 1. The van der Waals surface area contributed by atoms with Crippen molar-refractivity contribution >= 4 is 74.9 Å². The number of carbonyl (C=O) groups is 2. The van der Waals surface area contributed by atoms with E-state index in [1.165, 1.54) is 4.90 Å². The van der Waals surface area contributed by atoms with Crippen LogP contribution in [0, 0.1) is 13.8 Å². The lowest BCUT2D eigenvalue weighted by atomic mass is 10.1. The maximum absolute atomic E-state index is 13.5. The zero-order valence-corrected chi connectivity index (χ0v) is 21.1. The van der Waals surface area contributed by atoms with Gasteiger partial charge in [-0.2, -0.15) is 0 Å². The van der Waals surface area contributed by atoms with Crippen LogP contribution in [0.5, 0.6) is 0 Å². The third-order valence-electron chi connectivity index (χ3n) is 6.05. The van der Waals surface area contributed by atoms with Gasteiger partial charge in [-0.15, -0.1) is 0 Å². The van der Waals surface area contributed by atoms with Crippen molar-refractivity contribution in [2.75, 3.05) is 4.90 Å². The summed E-state index contributed by atoms with van der Waals surface area (Å²) < 4.78 is 2.12. The monoisotopic (exact) mass is 519 g/mol. The third-order valence-corrected chi connectivity index (χ3v) is 7.15. The van der Waals surface area contributed by atoms with Crippen molar-refractivity contribution in [3.05, 3.63) is 99.3 Å². The van der Waals surface area contributed by atoms with Crippen LogP contribution in [0.25, 0.3) is 22.5 Å². The molecule has 0 saturated carbocycles. The van der Waals surface area contributed by atoms with Crippen LogP contribution < -0.4 is 10.2 Å². The second-order valence-electron chi connectivity index (χ2n) is 8.19. The number of carbonyl (C=O) groups excluding carboxylic acids is 2. The Kier molecular flexibility index (Phi) is 5.97. The van der Waals surface area contributed by atoms with E-state index in [0.29, 0.717) is 5.69 Å². The minimum absolute atomic E-state index is 0.0483. The molecular weight excluding hydrogens is 501 g/mol. The number of nitrogens with one attached hydrogen (secondary N) is 1. The number of anilines is 1. The molecule has 1 N–H and O–H groups in total. The van der Waals surface area contributed by atoms with Crippen LogP contribution in [0.3, 0.4) is 0 Å². The highest BCUT2D eigenvalue weighted by Gasteiger charge is 2.36. The molecule has 1 aliphatic rings. The molecule has 0 unspecified atom stereocenters. The van der Waals surface area contributed by atoms with Gasteiger partial charge in [0.1, 0.15) is 5.57 Å². The molecule has 2 heterocycles. The maximum Gasteiger partial charge on any atom is 0.270 e. The molecule has 174 valence electrons. The molecule has 4 aromatic rings. The SMILES string of the molecule is Cc1cc(/C=C2\C(=O)NC(=S)N(c3cccc(Cl)c3Cl)C2=O)c(C)n1-c1cccc2ccccc12. The van der Waals surface area contributed by atoms with Crippen molar-refractivity contribution in [1.29, 1.82) is 0 Å². The highest BCUT2D eigenvalue weighted by atomic mass is 35.5. The van der Waals surface area contributed by atoms with Crippen LogP contribution in [0.2, 0.25) is 10.0 Å². The molecular formula is C27H19Cl2N3O2S. The van der Waals surface area contributed by atoms with E-state index in [1.807, 2.05) is 38.1 Å². The van der Waals surface area contributed by atoms with Gasteiger partial charge in [0, 0.05) is 16.8 Å². The molecule has 0 bridgehead atoms. The van der Waals surface area contributed by atoms with Crippen molar-refractivity contribution < 1.29 is 9.59 Å². The second kappa shape index (κ2) is 8.96. The average Bonchev–Trinajstić information content (AvgIpc) is 3.11.